The molecule has 0 saturated heterocycles. The van der Waals surface area contributed by atoms with E-state index >= 15 is 0 Å². The van der Waals surface area contributed by atoms with Gasteiger partial charge in [-0.05, 0) is 67.1 Å². The topological polar surface area (TPSA) is 54.5 Å². The molecular weight excluding hydrogens is 364 g/mol. The van der Waals surface area contributed by atoms with Crippen LogP contribution in [0.5, 0.6) is 0 Å². The summed E-state index contributed by atoms with van der Waals surface area (Å²) in [6.07, 6.45) is 0. The monoisotopic (exact) mass is 375 g/mol. The molecule has 8 heteroatoms. The number of nitrogens with zero attached hydrogens (tertiary/aromatic N) is 1. The highest BCUT2D eigenvalue weighted by Crippen LogP contribution is 2.28. The van der Waals surface area contributed by atoms with Gasteiger partial charge in [0.05, 0.1) is 10.6 Å². The summed E-state index contributed by atoms with van der Waals surface area (Å²) in [5, 5.41) is -0.481. The number of benzene rings is 2. The first-order valence-corrected chi connectivity index (χ1v) is 8.68. The van der Waals surface area contributed by atoms with Crippen molar-refractivity contribution in [2.75, 3.05) is 4.31 Å². The summed E-state index contributed by atoms with van der Waals surface area (Å²) in [5.41, 5.74) is 0.128. The second-order valence-corrected chi connectivity index (χ2v) is 7.34. The second-order valence-electron chi connectivity index (χ2n) is 4.71. The van der Waals surface area contributed by atoms with Gasteiger partial charge in [0.25, 0.3) is 10.0 Å². The number of carbonyl (C=O) groups excluding carboxylic acids is 1. The molecule has 0 saturated carbocycles. The first-order valence-electron chi connectivity index (χ1n) is 6.48. The van der Waals surface area contributed by atoms with Gasteiger partial charge in [-0.25, -0.2) is 12.8 Å². The van der Waals surface area contributed by atoms with Gasteiger partial charge in [0.15, 0.2) is 0 Å². The molecule has 4 nitrogen and oxygen atoms in total. The SMILES string of the molecule is CC(C(=O)Cl)N(c1ccc(F)cc1)S(=O)(=O)c1ccc(Cl)cc1. The molecule has 1 atom stereocenters. The van der Waals surface area contributed by atoms with Crippen LogP contribution in [-0.2, 0) is 14.8 Å². The van der Waals surface area contributed by atoms with Crippen LogP contribution in [0.3, 0.4) is 0 Å². The van der Waals surface area contributed by atoms with E-state index in [9.17, 15) is 17.6 Å². The van der Waals surface area contributed by atoms with Crippen LogP contribution in [0.15, 0.2) is 53.4 Å². The van der Waals surface area contributed by atoms with E-state index in [0.717, 1.165) is 16.4 Å². The van der Waals surface area contributed by atoms with Crippen molar-refractivity contribution >= 4 is 44.2 Å². The summed E-state index contributed by atoms with van der Waals surface area (Å²) in [6, 6.07) is 9.05. The Bertz CT molecular complexity index is 808. The van der Waals surface area contributed by atoms with Crippen LogP contribution in [-0.4, -0.2) is 19.7 Å². The highest BCUT2D eigenvalue weighted by molar-refractivity contribution is 7.93. The average Bonchev–Trinajstić information content (AvgIpc) is 2.49. The van der Waals surface area contributed by atoms with E-state index in [1.54, 1.807) is 0 Å². The van der Waals surface area contributed by atoms with Gasteiger partial charge < -0.3 is 0 Å². The normalized spacial score (nSPS) is 12.7. The maximum Gasteiger partial charge on any atom is 0.265 e. The van der Waals surface area contributed by atoms with Gasteiger partial charge in [-0.15, -0.1) is 0 Å². The molecule has 0 bridgehead atoms. The zero-order valence-electron chi connectivity index (χ0n) is 11.9. The number of halogens is 3. The summed E-state index contributed by atoms with van der Waals surface area (Å²) in [5.74, 6) is -0.526. The molecule has 1 unspecified atom stereocenters. The van der Waals surface area contributed by atoms with Crippen LogP contribution in [0, 0.1) is 5.82 Å². The lowest BCUT2D eigenvalue weighted by Crippen LogP contribution is -2.42. The van der Waals surface area contributed by atoms with Gasteiger partial charge in [-0.3, -0.25) is 9.10 Å². The van der Waals surface area contributed by atoms with E-state index < -0.39 is 27.1 Å². The lowest BCUT2D eigenvalue weighted by Gasteiger charge is -2.28. The predicted molar refractivity (Wildman–Crippen MR) is 87.8 cm³/mol. The number of hydrogen-bond acceptors (Lipinski definition) is 3. The zero-order valence-corrected chi connectivity index (χ0v) is 14.2. The highest BCUT2D eigenvalue weighted by atomic mass is 35.5. The van der Waals surface area contributed by atoms with Crippen LogP contribution in [0.4, 0.5) is 10.1 Å². The largest absolute Gasteiger partial charge is 0.279 e. The Morgan fingerprint density at radius 3 is 2.09 bits per heavy atom. The molecule has 0 aliphatic heterocycles. The van der Waals surface area contributed by atoms with Crippen molar-refractivity contribution in [3.05, 3.63) is 59.4 Å². The van der Waals surface area contributed by atoms with E-state index in [1.807, 2.05) is 0 Å². The number of rotatable bonds is 5. The first kappa shape index (κ1) is 17.7. The fourth-order valence-corrected chi connectivity index (χ4v) is 3.87. The number of carbonyl (C=O) groups is 1. The molecule has 23 heavy (non-hydrogen) atoms. The molecule has 122 valence electrons. The first-order chi connectivity index (χ1) is 10.7. The van der Waals surface area contributed by atoms with E-state index in [4.69, 9.17) is 23.2 Å². The molecule has 2 rings (SSSR count). The molecule has 0 aromatic heterocycles. The fraction of sp³-hybridized carbons (Fsp3) is 0.133. The Kier molecular flexibility index (Phi) is 5.29. The molecule has 0 N–H and O–H groups in total. The van der Waals surface area contributed by atoms with E-state index in [2.05, 4.69) is 0 Å². The van der Waals surface area contributed by atoms with E-state index in [1.165, 1.54) is 43.3 Å². The van der Waals surface area contributed by atoms with Crippen LogP contribution >= 0.6 is 23.2 Å². The zero-order chi connectivity index (χ0) is 17.2. The molecule has 0 radical (unpaired) electrons. The van der Waals surface area contributed by atoms with Gasteiger partial charge >= 0.3 is 0 Å². The lowest BCUT2D eigenvalue weighted by molar-refractivity contribution is -0.112. The summed E-state index contributed by atoms with van der Waals surface area (Å²) >= 11 is 11.2. The van der Waals surface area contributed by atoms with Gasteiger partial charge in [0.1, 0.15) is 11.9 Å². The third-order valence-electron chi connectivity index (χ3n) is 3.13. The predicted octanol–water partition coefficient (Wildman–Crippen LogP) is 3.83. The van der Waals surface area contributed by atoms with Crippen molar-refractivity contribution in [3.63, 3.8) is 0 Å². The molecule has 0 heterocycles. The Morgan fingerprint density at radius 1 is 1.09 bits per heavy atom. The van der Waals surface area contributed by atoms with Crippen molar-refractivity contribution < 1.29 is 17.6 Å². The standard InChI is InChI=1S/C15H12Cl2FNO3S/c1-10(15(17)20)19(13-6-4-12(18)5-7-13)23(21,22)14-8-2-11(16)3-9-14/h2-10H,1H3. The van der Waals surface area contributed by atoms with Crippen LogP contribution < -0.4 is 4.31 Å². The quantitative estimate of drug-likeness (QED) is 0.746. The summed E-state index contributed by atoms with van der Waals surface area (Å²) < 4.78 is 39.7. The maximum absolute atomic E-state index is 13.1. The summed E-state index contributed by atoms with van der Waals surface area (Å²) in [6.45, 7) is 1.35. The molecule has 2 aromatic carbocycles. The number of hydrogen-bond donors (Lipinski definition) is 0. The summed E-state index contributed by atoms with van der Waals surface area (Å²) in [7, 11) is -4.08. The molecule has 0 amide bonds. The van der Waals surface area contributed by atoms with Crippen LogP contribution in [0.2, 0.25) is 5.02 Å². The second kappa shape index (κ2) is 6.86. The number of sulfonamides is 1. The number of anilines is 1. The Hall–Kier alpha value is -1.63. The van der Waals surface area contributed by atoms with Gasteiger partial charge in [-0.2, -0.15) is 0 Å². The third kappa shape index (κ3) is 3.83. The van der Waals surface area contributed by atoms with E-state index in [0.29, 0.717) is 5.02 Å². The van der Waals surface area contributed by atoms with Crippen LogP contribution in [0.25, 0.3) is 0 Å². The Labute approximate surface area is 143 Å². The maximum atomic E-state index is 13.1. The van der Waals surface area contributed by atoms with Crippen LogP contribution in [0.1, 0.15) is 6.92 Å². The fourth-order valence-electron chi connectivity index (χ4n) is 1.97. The smallest absolute Gasteiger partial charge is 0.265 e. The molecule has 0 aliphatic carbocycles. The van der Waals surface area contributed by atoms with Gasteiger partial charge in [0, 0.05) is 5.02 Å². The van der Waals surface area contributed by atoms with Crippen molar-refractivity contribution in [2.24, 2.45) is 0 Å². The Morgan fingerprint density at radius 2 is 1.61 bits per heavy atom. The van der Waals surface area contributed by atoms with Gasteiger partial charge in [-0.1, -0.05) is 11.6 Å². The molecule has 2 aromatic rings. The van der Waals surface area contributed by atoms with Crippen molar-refractivity contribution in [3.8, 4) is 0 Å². The lowest BCUT2D eigenvalue weighted by atomic mass is 10.3. The molecule has 0 aliphatic rings. The average molecular weight is 376 g/mol. The molecular formula is C15H12Cl2FNO3S. The van der Waals surface area contributed by atoms with Crippen molar-refractivity contribution in [2.45, 2.75) is 17.9 Å². The minimum absolute atomic E-state index is 0.0593. The minimum atomic E-state index is -4.08. The Balaban J connectivity index is 2.58. The van der Waals surface area contributed by atoms with E-state index in [-0.39, 0.29) is 10.6 Å². The third-order valence-corrected chi connectivity index (χ3v) is 5.61. The van der Waals surface area contributed by atoms with Crippen molar-refractivity contribution in [1.29, 1.82) is 0 Å². The highest BCUT2D eigenvalue weighted by Gasteiger charge is 2.32. The minimum Gasteiger partial charge on any atom is -0.279 e. The molecule has 0 spiro atoms. The summed E-state index contributed by atoms with van der Waals surface area (Å²) in [4.78, 5) is 11.5. The van der Waals surface area contributed by atoms with Gasteiger partial charge in [0.2, 0.25) is 5.24 Å². The molecule has 0 fully saturated rings. The van der Waals surface area contributed by atoms with Crippen molar-refractivity contribution in [1.82, 2.24) is 0 Å².